The fourth-order valence-electron chi connectivity index (χ4n) is 4.12. The summed E-state index contributed by atoms with van der Waals surface area (Å²) in [6.45, 7) is 10.1. The van der Waals surface area contributed by atoms with Gasteiger partial charge in [-0.15, -0.1) is 0 Å². The fraction of sp³-hybridized carbons (Fsp3) is 0.478. The molecule has 1 saturated heterocycles. The minimum absolute atomic E-state index is 0.169. The first-order chi connectivity index (χ1) is 14.2. The van der Waals surface area contributed by atoms with Crippen LogP contribution in [0.1, 0.15) is 25.0 Å². The Labute approximate surface area is 177 Å². The number of hydrogen-bond donors (Lipinski definition) is 0. The largest absolute Gasteiger partial charge is 0.372 e. The molecule has 2 aromatic rings. The van der Waals surface area contributed by atoms with Gasteiger partial charge in [0.05, 0.1) is 6.10 Å². The smallest absolute Gasteiger partial charge is 0.123 e. The predicted octanol–water partition coefficient (Wildman–Crippen LogP) is 4.44. The molecule has 0 spiro atoms. The van der Waals surface area contributed by atoms with Gasteiger partial charge in [-0.05, 0) is 67.7 Å². The van der Waals surface area contributed by atoms with E-state index < -0.39 is 0 Å². The molecule has 1 fully saturated rings. The van der Waals surface area contributed by atoms with Gasteiger partial charge >= 0.3 is 0 Å². The number of nitrogens with zero attached hydrogens (tertiary/aromatic N) is 3. The van der Waals surface area contributed by atoms with Crippen LogP contribution in [0.15, 0.2) is 53.4 Å². The average Bonchev–Trinajstić information content (AvgIpc) is 2.75. The lowest BCUT2D eigenvalue weighted by atomic mass is 10.1. The maximum atomic E-state index is 13.1. The fourth-order valence-corrected chi connectivity index (χ4v) is 5.27. The Hall–Kier alpha value is -1.60. The van der Waals surface area contributed by atoms with Crippen LogP contribution < -0.4 is 4.90 Å². The van der Waals surface area contributed by atoms with Crippen LogP contribution in [0.4, 0.5) is 10.1 Å². The molecular weight excluding hydrogens is 385 g/mol. The Morgan fingerprint density at radius 3 is 2.52 bits per heavy atom. The molecule has 0 radical (unpaired) electrons. The molecule has 6 heteroatoms. The Kier molecular flexibility index (Phi) is 7.08. The van der Waals surface area contributed by atoms with E-state index in [0.717, 1.165) is 64.5 Å². The van der Waals surface area contributed by atoms with Crippen molar-refractivity contribution in [3.05, 3.63) is 59.9 Å². The van der Waals surface area contributed by atoms with Crippen molar-refractivity contribution < 1.29 is 9.13 Å². The second-order valence-electron chi connectivity index (χ2n) is 7.62. The van der Waals surface area contributed by atoms with E-state index in [0.29, 0.717) is 0 Å². The molecular formula is C23H30FN3OS. The highest BCUT2D eigenvalue weighted by atomic mass is 32.2. The van der Waals surface area contributed by atoms with E-state index in [1.165, 1.54) is 10.5 Å². The lowest BCUT2D eigenvalue weighted by Gasteiger charge is -2.37. The van der Waals surface area contributed by atoms with Crippen molar-refractivity contribution >= 4 is 17.6 Å². The molecule has 0 saturated carbocycles. The summed E-state index contributed by atoms with van der Waals surface area (Å²) in [5.74, 6) is -0.169. The van der Waals surface area contributed by atoms with Gasteiger partial charge in [-0.2, -0.15) is 0 Å². The number of ether oxygens (including phenoxy) is 1. The van der Waals surface area contributed by atoms with Gasteiger partial charge in [0.25, 0.3) is 0 Å². The molecule has 0 amide bonds. The zero-order valence-electron chi connectivity index (χ0n) is 17.1. The van der Waals surface area contributed by atoms with E-state index in [-0.39, 0.29) is 11.9 Å². The molecule has 156 valence electrons. The third-order valence-electron chi connectivity index (χ3n) is 5.68. The topological polar surface area (TPSA) is 19.0 Å². The summed E-state index contributed by atoms with van der Waals surface area (Å²) < 4.78 is 21.6. The van der Waals surface area contributed by atoms with Gasteiger partial charge in [-0.25, -0.2) is 8.70 Å². The molecule has 0 aliphatic carbocycles. The Morgan fingerprint density at radius 2 is 1.76 bits per heavy atom. The highest BCUT2D eigenvalue weighted by molar-refractivity contribution is 7.97. The van der Waals surface area contributed by atoms with E-state index >= 15 is 0 Å². The van der Waals surface area contributed by atoms with Crippen LogP contribution in [-0.2, 0) is 4.74 Å². The summed E-state index contributed by atoms with van der Waals surface area (Å²) in [6.07, 6.45) is 1.33. The van der Waals surface area contributed by atoms with Gasteiger partial charge in [-0.3, -0.25) is 4.90 Å². The maximum Gasteiger partial charge on any atom is 0.123 e. The highest BCUT2D eigenvalue weighted by Gasteiger charge is 2.26. The third kappa shape index (κ3) is 5.31. The SMILES string of the molecule is CCOC1CN(CCCN2CCN(c3ccc(F)cc3)CC2)Sc2ccccc21. The van der Waals surface area contributed by atoms with Crippen LogP contribution in [0, 0.1) is 5.82 Å². The highest BCUT2D eigenvalue weighted by Crippen LogP contribution is 2.38. The Bertz CT molecular complexity index is 780. The molecule has 1 atom stereocenters. The summed E-state index contributed by atoms with van der Waals surface area (Å²) in [7, 11) is 0. The predicted molar refractivity (Wildman–Crippen MR) is 118 cm³/mol. The average molecular weight is 416 g/mol. The van der Waals surface area contributed by atoms with E-state index in [4.69, 9.17) is 4.74 Å². The van der Waals surface area contributed by atoms with Crippen molar-refractivity contribution in [3.8, 4) is 0 Å². The number of rotatable bonds is 7. The molecule has 1 unspecified atom stereocenters. The molecule has 2 aliphatic heterocycles. The molecule has 0 N–H and O–H groups in total. The van der Waals surface area contributed by atoms with Crippen molar-refractivity contribution in [3.63, 3.8) is 0 Å². The van der Waals surface area contributed by atoms with Crippen molar-refractivity contribution in [1.82, 2.24) is 9.21 Å². The summed E-state index contributed by atoms with van der Waals surface area (Å²) in [5.41, 5.74) is 2.45. The van der Waals surface area contributed by atoms with Gasteiger partial charge in [0.2, 0.25) is 0 Å². The molecule has 4 rings (SSSR count). The third-order valence-corrected chi connectivity index (χ3v) is 6.83. The summed E-state index contributed by atoms with van der Waals surface area (Å²) in [5, 5.41) is 0. The Balaban J connectivity index is 1.22. The van der Waals surface area contributed by atoms with Crippen molar-refractivity contribution in [2.24, 2.45) is 0 Å². The van der Waals surface area contributed by atoms with Gasteiger partial charge < -0.3 is 9.64 Å². The number of halogens is 1. The normalized spacial score (nSPS) is 20.6. The second kappa shape index (κ2) is 9.94. The van der Waals surface area contributed by atoms with Crippen molar-refractivity contribution in [1.29, 1.82) is 0 Å². The minimum Gasteiger partial charge on any atom is -0.372 e. The van der Waals surface area contributed by atoms with Crippen LogP contribution in [0.2, 0.25) is 0 Å². The second-order valence-corrected chi connectivity index (χ2v) is 8.76. The lowest BCUT2D eigenvalue weighted by Crippen LogP contribution is -2.47. The molecule has 0 aromatic heterocycles. The lowest BCUT2D eigenvalue weighted by molar-refractivity contribution is 0.0451. The van der Waals surface area contributed by atoms with Crippen molar-refractivity contribution in [2.45, 2.75) is 24.3 Å². The monoisotopic (exact) mass is 415 g/mol. The minimum atomic E-state index is -0.169. The van der Waals surface area contributed by atoms with Crippen LogP contribution in [0.25, 0.3) is 0 Å². The van der Waals surface area contributed by atoms with E-state index in [1.807, 2.05) is 24.1 Å². The molecule has 2 heterocycles. The number of benzene rings is 2. The van der Waals surface area contributed by atoms with Gasteiger partial charge in [0.15, 0.2) is 0 Å². The summed E-state index contributed by atoms with van der Waals surface area (Å²) in [6, 6.07) is 15.5. The summed E-state index contributed by atoms with van der Waals surface area (Å²) in [4.78, 5) is 6.22. The first-order valence-electron chi connectivity index (χ1n) is 10.6. The molecule has 29 heavy (non-hydrogen) atoms. The van der Waals surface area contributed by atoms with Gasteiger partial charge in [-0.1, -0.05) is 18.2 Å². The van der Waals surface area contributed by atoms with E-state index in [9.17, 15) is 4.39 Å². The number of fused-ring (bicyclic) bond motifs is 1. The molecule has 4 nitrogen and oxygen atoms in total. The molecule has 2 aliphatic rings. The number of anilines is 1. The first kappa shape index (κ1) is 20.7. The van der Waals surface area contributed by atoms with Gasteiger partial charge in [0, 0.05) is 56.5 Å². The molecule has 2 aromatic carbocycles. The number of piperazine rings is 1. The first-order valence-corrected chi connectivity index (χ1v) is 11.4. The summed E-state index contributed by atoms with van der Waals surface area (Å²) >= 11 is 1.87. The Morgan fingerprint density at radius 1 is 1.00 bits per heavy atom. The van der Waals surface area contributed by atoms with Crippen LogP contribution >= 0.6 is 11.9 Å². The standard InChI is InChI=1S/C23H30FN3OS/c1-2-28-22-18-27(29-23-7-4-3-6-21(22)23)13-5-12-25-14-16-26(17-15-25)20-10-8-19(24)9-11-20/h3-4,6-11,22H,2,5,12-18H2,1H3. The van der Waals surface area contributed by atoms with Crippen molar-refractivity contribution in [2.75, 3.05) is 57.3 Å². The van der Waals surface area contributed by atoms with Crippen LogP contribution in [0.3, 0.4) is 0 Å². The van der Waals surface area contributed by atoms with E-state index in [1.54, 1.807) is 12.1 Å². The van der Waals surface area contributed by atoms with Crippen LogP contribution in [0.5, 0.6) is 0 Å². The zero-order valence-corrected chi connectivity index (χ0v) is 17.9. The maximum absolute atomic E-state index is 13.1. The molecule has 0 bridgehead atoms. The van der Waals surface area contributed by atoms with Crippen LogP contribution in [-0.4, -0.2) is 61.6 Å². The number of hydrogen-bond acceptors (Lipinski definition) is 5. The quantitative estimate of drug-likeness (QED) is 0.621. The zero-order chi connectivity index (χ0) is 20.1. The van der Waals surface area contributed by atoms with Gasteiger partial charge in [0.1, 0.15) is 5.82 Å². The van der Waals surface area contributed by atoms with E-state index in [2.05, 4.69) is 45.3 Å².